The van der Waals surface area contributed by atoms with Crippen molar-refractivity contribution in [1.29, 1.82) is 0 Å². The summed E-state index contributed by atoms with van der Waals surface area (Å²) in [5.41, 5.74) is 1.75. The van der Waals surface area contributed by atoms with Crippen molar-refractivity contribution < 1.29 is 28.5 Å². The van der Waals surface area contributed by atoms with E-state index in [9.17, 15) is 9.59 Å². The summed E-state index contributed by atoms with van der Waals surface area (Å²) >= 11 is 0. The SMILES string of the molecule is CCCN(CCc1ccccc1)C(=O)OCC1CNCC(N(C(=O)c2ccc(OC)c(OCCCOC)c2)C(C)C)C1. The van der Waals surface area contributed by atoms with Gasteiger partial charge in [-0.1, -0.05) is 37.3 Å². The van der Waals surface area contributed by atoms with Gasteiger partial charge in [-0.25, -0.2) is 4.79 Å². The van der Waals surface area contributed by atoms with E-state index in [0.717, 1.165) is 32.2 Å². The molecule has 0 radical (unpaired) electrons. The highest BCUT2D eigenvalue weighted by Crippen LogP contribution is 2.30. The lowest BCUT2D eigenvalue weighted by atomic mass is 9.94. The van der Waals surface area contributed by atoms with Gasteiger partial charge in [0.05, 0.1) is 20.3 Å². The second-order valence-electron chi connectivity index (χ2n) is 11.1. The van der Waals surface area contributed by atoms with Gasteiger partial charge in [-0.2, -0.15) is 0 Å². The van der Waals surface area contributed by atoms with Crippen molar-refractivity contribution in [2.75, 3.05) is 60.2 Å². The largest absolute Gasteiger partial charge is 0.493 e. The predicted octanol–water partition coefficient (Wildman–Crippen LogP) is 5.03. The Labute approximate surface area is 251 Å². The molecule has 42 heavy (non-hydrogen) atoms. The monoisotopic (exact) mass is 583 g/mol. The zero-order valence-electron chi connectivity index (χ0n) is 26.0. The minimum Gasteiger partial charge on any atom is -0.493 e. The molecular weight excluding hydrogens is 534 g/mol. The van der Waals surface area contributed by atoms with E-state index in [0.29, 0.717) is 56.5 Å². The summed E-state index contributed by atoms with van der Waals surface area (Å²) in [5, 5.41) is 3.47. The molecule has 1 saturated heterocycles. The summed E-state index contributed by atoms with van der Waals surface area (Å²) < 4.78 is 22.3. The molecule has 1 heterocycles. The number of amides is 2. The number of carbonyl (C=O) groups is 2. The number of hydrogen-bond donors (Lipinski definition) is 1. The molecule has 3 rings (SSSR count). The molecule has 2 aromatic rings. The average molecular weight is 584 g/mol. The van der Waals surface area contributed by atoms with Crippen molar-refractivity contribution in [3.05, 3.63) is 59.7 Å². The van der Waals surface area contributed by atoms with Crippen LogP contribution in [0.15, 0.2) is 48.5 Å². The molecule has 0 aliphatic carbocycles. The second-order valence-corrected chi connectivity index (χ2v) is 11.1. The first kappa shape index (κ1) is 33.2. The number of nitrogens with one attached hydrogen (secondary N) is 1. The fraction of sp³-hybridized carbons (Fsp3) is 0.576. The second kappa shape index (κ2) is 17.6. The Morgan fingerprint density at radius 3 is 2.48 bits per heavy atom. The summed E-state index contributed by atoms with van der Waals surface area (Å²) in [6, 6.07) is 15.4. The van der Waals surface area contributed by atoms with Gasteiger partial charge >= 0.3 is 6.09 Å². The number of rotatable bonds is 16. The first-order chi connectivity index (χ1) is 20.4. The Kier molecular flexibility index (Phi) is 13.9. The number of carbonyl (C=O) groups excluding carboxylic acids is 2. The molecule has 0 bridgehead atoms. The zero-order chi connectivity index (χ0) is 30.3. The molecule has 9 heteroatoms. The molecule has 2 atom stereocenters. The highest BCUT2D eigenvalue weighted by atomic mass is 16.6. The lowest BCUT2D eigenvalue weighted by molar-refractivity contribution is 0.0439. The first-order valence-corrected chi connectivity index (χ1v) is 15.2. The third-order valence-corrected chi connectivity index (χ3v) is 7.47. The molecule has 0 saturated carbocycles. The standard InChI is InChI=1S/C33H49N3O6/c1-6-16-35(17-15-26-11-8-7-9-12-26)33(38)42-24-27-20-29(23-34-22-27)36(25(2)3)32(37)28-13-14-30(40-5)31(21-28)41-19-10-18-39-4/h7-9,11-14,21,25,27,29,34H,6,10,15-20,22-24H2,1-5H3. The van der Waals surface area contributed by atoms with Crippen molar-refractivity contribution >= 4 is 12.0 Å². The molecule has 1 N–H and O–H groups in total. The summed E-state index contributed by atoms with van der Waals surface area (Å²) in [6.07, 6.45) is 2.87. The highest BCUT2D eigenvalue weighted by molar-refractivity contribution is 5.95. The van der Waals surface area contributed by atoms with Gasteiger partial charge in [-0.05, 0) is 56.9 Å². The van der Waals surface area contributed by atoms with Crippen LogP contribution in [0.3, 0.4) is 0 Å². The van der Waals surface area contributed by atoms with Crippen molar-refractivity contribution in [3.63, 3.8) is 0 Å². The van der Waals surface area contributed by atoms with E-state index in [1.165, 1.54) is 5.56 Å². The van der Waals surface area contributed by atoms with Crippen LogP contribution in [-0.4, -0.2) is 94.1 Å². The van der Waals surface area contributed by atoms with Gasteiger partial charge in [0.25, 0.3) is 5.91 Å². The maximum atomic E-state index is 13.8. The molecule has 2 amide bonds. The Hall–Kier alpha value is -3.30. The number of piperidine rings is 1. The van der Waals surface area contributed by atoms with Crippen molar-refractivity contribution in [2.24, 2.45) is 5.92 Å². The number of benzene rings is 2. The molecule has 2 aromatic carbocycles. The Morgan fingerprint density at radius 2 is 1.79 bits per heavy atom. The predicted molar refractivity (Wildman–Crippen MR) is 164 cm³/mol. The average Bonchev–Trinajstić information content (AvgIpc) is 3.00. The molecule has 232 valence electrons. The maximum absolute atomic E-state index is 13.8. The van der Waals surface area contributed by atoms with Crippen molar-refractivity contribution in [1.82, 2.24) is 15.1 Å². The number of hydrogen-bond acceptors (Lipinski definition) is 7. The first-order valence-electron chi connectivity index (χ1n) is 15.2. The van der Waals surface area contributed by atoms with Crippen LogP contribution >= 0.6 is 0 Å². The quantitative estimate of drug-likeness (QED) is 0.277. The van der Waals surface area contributed by atoms with Gasteiger partial charge in [0, 0.05) is 69.9 Å². The zero-order valence-corrected chi connectivity index (χ0v) is 26.0. The van der Waals surface area contributed by atoms with Crippen molar-refractivity contribution in [2.45, 2.75) is 58.5 Å². The van der Waals surface area contributed by atoms with Gasteiger partial charge in [0.2, 0.25) is 0 Å². The molecule has 1 aliphatic rings. The smallest absolute Gasteiger partial charge is 0.409 e. The van der Waals surface area contributed by atoms with E-state index in [2.05, 4.69) is 24.4 Å². The third-order valence-electron chi connectivity index (χ3n) is 7.47. The molecular formula is C33H49N3O6. The topological polar surface area (TPSA) is 89.6 Å². The summed E-state index contributed by atoms with van der Waals surface area (Å²) in [4.78, 5) is 30.6. The van der Waals surface area contributed by atoms with Gasteiger partial charge in [0.15, 0.2) is 11.5 Å². The third kappa shape index (κ3) is 9.91. The maximum Gasteiger partial charge on any atom is 0.409 e. The summed E-state index contributed by atoms with van der Waals surface area (Å²) in [7, 11) is 3.24. The normalized spacial score (nSPS) is 16.6. The van der Waals surface area contributed by atoms with Gasteiger partial charge < -0.3 is 34.1 Å². The van der Waals surface area contributed by atoms with Gasteiger partial charge in [-0.15, -0.1) is 0 Å². The van der Waals surface area contributed by atoms with E-state index < -0.39 is 0 Å². The molecule has 0 spiro atoms. The van der Waals surface area contributed by atoms with E-state index in [-0.39, 0.29) is 30.0 Å². The van der Waals surface area contributed by atoms with Crippen LogP contribution in [0.2, 0.25) is 0 Å². The summed E-state index contributed by atoms with van der Waals surface area (Å²) in [5.74, 6) is 1.17. The van der Waals surface area contributed by atoms with Gasteiger partial charge in [0.1, 0.15) is 0 Å². The van der Waals surface area contributed by atoms with E-state index >= 15 is 0 Å². The van der Waals surface area contributed by atoms with Crippen LogP contribution in [0.1, 0.15) is 56.0 Å². The Morgan fingerprint density at radius 1 is 1.00 bits per heavy atom. The van der Waals surface area contributed by atoms with E-state index in [1.54, 1.807) is 37.3 Å². The Balaban J connectivity index is 1.61. The van der Waals surface area contributed by atoms with E-state index in [4.69, 9.17) is 18.9 Å². The molecule has 2 unspecified atom stereocenters. The lowest BCUT2D eigenvalue weighted by Gasteiger charge is -2.40. The lowest BCUT2D eigenvalue weighted by Crippen LogP contribution is -2.54. The minimum absolute atomic E-state index is 0.0168. The van der Waals surface area contributed by atoms with Crippen LogP contribution < -0.4 is 14.8 Å². The number of ether oxygens (including phenoxy) is 4. The van der Waals surface area contributed by atoms with E-state index in [1.807, 2.05) is 36.9 Å². The summed E-state index contributed by atoms with van der Waals surface area (Å²) in [6.45, 7) is 10.2. The van der Waals surface area contributed by atoms with Crippen LogP contribution in [-0.2, 0) is 15.9 Å². The Bertz CT molecular complexity index is 1100. The fourth-order valence-electron chi connectivity index (χ4n) is 5.38. The van der Waals surface area contributed by atoms with Crippen LogP contribution in [0.25, 0.3) is 0 Å². The van der Waals surface area contributed by atoms with Gasteiger partial charge in [-0.3, -0.25) is 4.79 Å². The van der Waals surface area contributed by atoms with Crippen LogP contribution in [0.4, 0.5) is 4.79 Å². The van der Waals surface area contributed by atoms with Crippen molar-refractivity contribution in [3.8, 4) is 11.5 Å². The van der Waals surface area contributed by atoms with Crippen LogP contribution in [0.5, 0.6) is 11.5 Å². The number of methoxy groups -OCH3 is 2. The molecule has 1 fully saturated rings. The fourth-order valence-corrected chi connectivity index (χ4v) is 5.38. The molecule has 1 aliphatic heterocycles. The molecule has 0 aromatic heterocycles. The number of nitrogens with zero attached hydrogens (tertiary/aromatic N) is 2. The molecule has 9 nitrogen and oxygen atoms in total. The minimum atomic E-state index is -0.275. The van der Waals surface area contributed by atoms with Crippen LogP contribution in [0, 0.1) is 5.92 Å². The highest BCUT2D eigenvalue weighted by Gasteiger charge is 2.33.